The van der Waals surface area contributed by atoms with Crippen LogP contribution in [-0.4, -0.2) is 23.2 Å². The fourth-order valence-electron chi connectivity index (χ4n) is 1.43. The maximum absolute atomic E-state index is 11.7. The minimum atomic E-state index is -0.626. The van der Waals surface area contributed by atoms with Crippen LogP contribution in [-0.2, 0) is 11.4 Å². The topological polar surface area (TPSA) is 58.6 Å². The lowest BCUT2D eigenvalue weighted by Gasteiger charge is -2.18. The van der Waals surface area contributed by atoms with Gasteiger partial charge in [-0.25, -0.2) is 0 Å². The van der Waals surface area contributed by atoms with E-state index in [-0.39, 0.29) is 18.6 Å². The number of hydrogen-bond acceptors (Lipinski definition) is 3. The lowest BCUT2D eigenvalue weighted by molar-refractivity contribution is -0.127. The molecule has 0 heterocycles. The molecule has 0 aromatic heterocycles. The molecule has 0 bridgehead atoms. The monoisotopic (exact) mass is 271 g/mol. The summed E-state index contributed by atoms with van der Waals surface area (Å²) in [6.45, 7) is 5.24. The third-order valence-corrected chi connectivity index (χ3v) is 2.53. The predicted octanol–water partition coefficient (Wildman–Crippen LogP) is 2.12. The van der Waals surface area contributed by atoms with E-state index in [1.807, 2.05) is 13.8 Å². The van der Waals surface area contributed by atoms with E-state index >= 15 is 0 Å². The fourth-order valence-corrected chi connectivity index (χ4v) is 1.63. The number of aliphatic hydroxyl groups excluding tert-OH is 1. The normalized spacial score (nSPS) is 12.3. The number of aliphatic hydroxyl groups is 1. The van der Waals surface area contributed by atoms with Crippen LogP contribution in [0, 0.1) is 0 Å². The number of rotatable bonds is 5. The average molecular weight is 272 g/mol. The molecule has 0 spiro atoms. The Morgan fingerprint density at radius 1 is 1.44 bits per heavy atom. The summed E-state index contributed by atoms with van der Waals surface area (Å²) in [4.78, 5) is 11.7. The van der Waals surface area contributed by atoms with Gasteiger partial charge in [0.25, 0.3) is 5.91 Å². The van der Waals surface area contributed by atoms with Crippen molar-refractivity contribution >= 4 is 17.5 Å². The van der Waals surface area contributed by atoms with E-state index < -0.39 is 6.10 Å². The van der Waals surface area contributed by atoms with Crippen molar-refractivity contribution in [3.8, 4) is 5.75 Å². The maximum atomic E-state index is 11.7. The minimum Gasteiger partial charge on any atom is -0.481 e. The first-order valence-electron chi connectivity index (χ1n) is 5.80. The number of amides is 1. The van der Waals surface area contributed by atoms with Crippen molar-refractivity contribution in [3.05, 3.63) is 28.8 Å². The Bertz CT molecular complexity index is 421. The number of benzene rings is 1. The highest BCUT2D eigenvalue weighted by molar-refractivity contribution is 6.30. The second kappa shape index (κ2) is 6.61. The molecule has 0 saturated carbocycles. The van der Waals surface area contributed by atoms with Crippen molar-refractivity contribution in [2.45, 2.75) is 39.5 Å². The highest BCUT2D eigenvalue weighted by Crippen LogP contribution is 2.23. The van der Waals surface area contributed by atoms with Crippen LogP contribution in [0.5, 0.6) is 5.75 Å². The molecule has 0 fully saturated rings. The fraction of sp³-hybridized carbons (Fsp3) is 0.462. The number of carbonyl (C=O) groups excluding carboxylic acids is 1. The first-order chi connectivity index (χ1) is 8.43. The smallest absolute Gasteiger partial charge is 0.260 e. The van der Waals surface area contributed by atoms with Crippen LogP contribution in [0.3, 0.4) is 0 Å². The summed E-state index contributed by atoms with van der Waals surface area (Å²) in [5, 5.41) is 12.5. The van der Waals surface area contributed by atoms with Crippen molar-refractivity contribution in [1.29, 1.82) is 0 Å². The van der Waals surface area contributed by atoms with Gasteiger partial charge in [-0.2, -0.15) is 0 Å². The largest absolute Gasteiger partial charge is 0.481 e. The highest BCUT2D eigenvalue weighted by Gasteiger charge is 2.16. The summed E-state index contributed by atoms with van der Waals surface area (Å²) in [6, 6.07) is 4.98. The van der Waals surface area contributed by atoms with Crippen LogP contribution < -0.4 is 10.1 Å². The summed E-state index contributed by atoms with van der Waals surface area (Å²) >= 11 is 5.82. The molecule has 1 unspecified atom stereocenters. The molecule has 5 heteroatoms. The Kier molecular flexibility index (Phi) is 5.44. The van der Waals surface area contributed by atoms with Crippen LogP contribution in [0.2, 0.25) is 5.02 Å². The average Bonchev–Trinajstić information content (AvgIpc) is 2.30. The van der Waals surface area contributed by atoms with Crippen molar-refractivity contribution in [2.24, 2.45) is 0 Å². The lowest BCUT2D eigenvalue weighted by atomic mass is 10.2. The van der Waals surface area contributed by atoms with Crippen molar-refractivity contribution in [2.75, 3.05) is 0 Å². The van der Waals surface area contributed by atoms with Crippen LogP contribution in [0.15, 0.2) is 18.2 Å². The third-order valence-electron chi connectivity index (χ3n) is 2.30. The van der Waals surface area contributed by atoms with E-state index in [1.54, 1.807) is 25.1 Å². The second-order valence-electron chi connectivity index (χ2n) is 4.33. The summed E-state index contributed by atoms with van der Waals surface area (Å²) in [6.07, 6.45) is -0.626. The van der Waals surface area contributed by atoms with Crippen LogP contribution in [0.4, 0.5) is 0 Å². The van der Waals surface area contributed by atoms with Gasteiger partial charge >= 0.3 is 0 Å². The van der Waals surface area contributed by atoms with Gasteiger partial charge in [-0.15, -0.1) is 0 Å². The molecule has 1 rings (SSSR count). The number of hydrogen-bond donors (Lipinski definition) is 2. The van der Waals surface area contributed by atoms with Gasteiger partial charge < -0.3 is 15.2 Å². The number of halogens is 1. The van der Waals surface area contributed by atoms with Crippen LogP contribution >= 0.6 is 11.6 Å². The van der Waals surface area contributed by atoms with Gasteiger partial charge in [-0.1, -0.05) is 11.6 Å². The van der Waals surface area contributed by atoms with E-state index in [1.165, 1.54) is 0 Å². The summed E-state index contributed by atoms with van der Waals surface area (Å²) in [7, 11) is 0. The molecular formula is C13H18ClNO3. The Hall–Kier alpha value is -1.26. The van der Waals surface area contributed by atoms with Gasteiger partial charge in [-0.05, 0) is 39.0 Å². The highest BCUT2D eigenvalue weighted by atomic mass is 35.5. The van der Waals surface area contributed by atoms with Gasteiger partial charge in [0.1, 0.15) is 5.75 Å². The minimum absolute atomic E-state index is 0.0612. The first-order valence-corrected chi connectivity index (χ1v) is 6.18. The number of nitrogens with one attached hydrogen (secondary N) is 1. The van der Waals surface area contributed by atoms with Crippen LogP contribution in [0.1, 0.15) is 26.3 Å². The summed E-state index contributed by atoms with van der Waals surface area (Å²) in [5.74, 6) is 0.275. The molecule has 1 amide bonds. The standard InChI is InChI=1S/C13H18ClNO3/c1-8(2)15-13(17)9(3)18-12-5-4-11(14)6-10(12)7-16/h4-6,8-9,16H,7H2,1-3H3,(H,15,17). The predicted molar refractivity (Wildman–Crippen MR) is 70.7 cm³/mol. The van der Waals surface area contributed by atoms with E-state index in [0.717, 1.165) is 0 Å². The molecule has 1 atom stereocenters. The molecule has 0 saturated heterocycles. The second-order valence-corrected chi connectivity index (χ2v) is 4.77. The number of ether oxygens (including phenoxy) is 1. The van der Waals surface area contributed by atoms with Crippen molar-refractivity contribution in [1.82, 2.24) is 5.32 Å². The maximum Gasteiger partial charge on any atom is 0.260 e. The Morgan fingerprint density at radius 2 is 2.11 bits per heavy atom. The van der Waals surface area contributed by atoms with E-state index in [2.05, 4.69) is 5.32 Å². The van der Waals surface area contributed by atoms with Crippen molar-refractivity contribution < 1.29 is 14.6 Å². The van der Waals surface area contributed by atoms with Gasteiger partial charge in [0, 0.05) is 16.6 Å². The zero-order valence-corrected chi connectivity index (χ0v) is 11.5. The molecule has 2 N–H and O–H groups in total. The SMILES string of the molecule is CC(C)NC(=O)C(C)Oc1ccc(Cl)cc1CO. The van der Waals surface area contributed by atoms with Gasteiger partial charge in [-0.3, -0.25) is 4.79 Å². The summed E-state index contributed by atoms with van der Waals surface area (Å²) < 4.78 is 5.52. The molecule has 18 heavy (non-hydrogen) atoms. The van der Waals surface area contributed by atoms with E-state index in [4.69, 9.17) is 16.3 Å². The van der Waals surface area contributed by atoms with Gasteiger partial charge in [0.15, 0.2) is 6.10 Å². The van der Waals surface area contributed by atoms with Crippen LogP contribution in [0.25, 0.3) is 0 Å². The Balaban J connectivity index is 2.75. The Morgan fingerprint density at radius 3 is 2.67 bits per heavy atom. The Labute approximate surface area is 112 Å². The molecule has 1 aromatic carbocycles. The first kappa shape index (κ1) is 14.8. The molecule has 4 nitrogen and oxygen atoms in total. The third kappa shape index (κ3) is 4.20. The van der Waals surface area contributed by atoms with Crippen molar-refractivity contribution in [3.63, 3.8) is 0 Å². The van der Waals surface area contributed by atoms with Gasteiger partial charge in [0.2, 0.25) is 0 Å². The molecule has 100 valence electrons. The molecule has 0 aliphatic carbocycles. The quantitative estimate of drug-likeness (QED) is 0.862. The number of carbonyl (C=O) groups is 1. The van der Waals surface area contributed by atoms with E-state index in [9.17, 15) is 9.90 Å². The van der Waals surface area contributed by atoms with Gasteiger partial charge in [0.05, 0.1) is 6.61 Å². The zero-order chi connectivity index (χ0) is 13.7. The van der Waals surface area contributed by atoms with E-state index in [0.29, 0.717) is 16.3 Å². The molecule has 1 aromatic rings. The summed E-state index contributed by atoms with van der Waals surface area (Å²) in [5.41, 5.74) is 0.562. The molecule has 0 aliphatic rings. The lowest BCUT2D eigenvalue weighted by Crippen LogP contribution is -2.40. The molecular weight excluding hydrogens is 254 g/mol. The molecule has 0 radical (unpaired) electrons. The zero-order valence-electron chi connectivity index (χ0n) is 10.7. The molecule has 0 aliphatic heterocycles.